The molecule has 0 aromatic carbocycles. The van der Waals surface area contributed by atoms with Gasteiger partial charge in [0.1, 0.15) is 0 Å². The summed E-state index contributed by atoms with van der Waals surface area (Å²) in [6, 6.07) is 0. The van der Waals surface area contributed by atoms with Gasteiger partial charge in [0.25, 0.3) is 0 Å². The third kappa shape index (κ3) is 1.32. The zero-order chi connectivity index (χ0) is 6.85. The van der Waals surface area contributed by atoms with Gasteiger partial charge in [-0.15, -0.1) is 0 Å². The fourth-order valence-corrected chi connectivity index (χ4v) is 1.48. The number of hydrogen-bond donors (Lipinski definition) is 1. The van der Waals surface area contributed by atoms with E-state index >= 15 is 0 Å². The molecule has 0 saturated heterocycles. The smallest absolute Gasteiger partial charge is 0.0117 e. The molecule has 1 saturated carbocycles. The molecule has 0 bridgehead atoms. The summed E-state index contributed by atoms with van der Waals surface area (Å²) in [6.07, 6.45) is 3.50. The normalized spacial score (nSPS) is 33.6. The predicted molar refractivity (Wildman–Crippen MR) is 39.9 cm³/mol. The Morgan fingerprint density at radius 3 is 2.44 bits per heavy atom. The highest BCUT2D eigenvalue weighted by molar-refractivity contribution is 5.84. The van der Waals surface area contributed by atoms with E-state index < -0.39 is 0 Å². The molecule has 0 amide bonds. The van der Waals surface area contributed by atoms with Crippen molar-refractivity contribution in [2.45, 2.75) is 33.1 Å². The highest BCUT2D eigenvalue weighted by atomic mass is 14.5. The van der Waals surface area contributed by atoms with E-state index in [9.17, 15) is 0 Å². The van der Waals surface area contributed by atoms with Gasteiger partial charge in [-0.25, -0.2) is 0 Å². The van der Waals surface area contributed by atoms with Crippen molar-refractivity contribution in [3.63, 3.8) is 0 Å². The van der Waals surface area contributed by atoms with E-state index in [1.165, 1.54) is 12.8 Å². The maximum absolute atomic E-state index is 7.48. The lowest BCUT2D eigenvalue weighted by Gasteiger charge is -2.32. The molecule has 0 spiro atoms. The Morgan fingerprint density at radius 2 is 2.11 bits per heavy atom. The van der Waals surface area contributed by atoms with Crippen molar-refractivity contribution in [3.8, 4) is 0 Å². The van der Waals surface area contributed by atoms with Gasteiger partial charge in [-0.05, 0) is 31.1 Å². The second kappa shape index (κ2) is 2.51. The van der Waals surface area contributed by atoms with Crippen LogP contribution in [0, 0.1) is 17.2 Å². The van der Waals surface area contributed by atoms with E-state index in [1.54, 1.807) is 0 Å². The first-order valence-corrected chi connectivity index (χ1v) is 3.81. The summed E-state index contributed by atoms with van der Waals surface area (Å²) in [5.41, 5.74) is 0.966. The van der Waals surface area contributed by atoms with Crippen LogP contribution in [0.1, 0.15) is 33.1 Å². The largest absolute Gasteiger partial charge is 0.309 e. The Labute approximate surface area is 57.0 Å². The van der Waals surface area contributed by atoms with E-state index in [1.807, 2.05) is 0 Å². The van der Waals surface area contributed by atoms with Crippen LogP contribution >= 0.6 is 0 Å². The molecule has 52 valence electrons. The highest BCUT2D eigenvalue weighted by Crippen LogP contribution is 2.34. The Balaban J connectivity index is 2.23. The molecule has 9 heavy (non-hydrogen) atoms. The van der Waals surface area contributed by atoms with Gasteiger partial charge in [0.15, 0.2) is 0 Å². The Morgan fingerprint density at radius 1 is 1.56 bits per heavy atom. The van der Waals surface area contributed by atoms with Gasteiger partial charge in [-0.3, -0.25) is 0 Å². The molecule has 1 N–H and O–H groups in total. The van der Waals surface area contributed by atoms with Crippen LogP contribution in [-0.2, 0) is 0 Å². The molecule has 1 heteroatoms. The minimum absolute atomic E-state index is 0.657. The second-order valence-electron chi connectivity index (χ2n) is 3.15. The lowest BCUT2D eigenvalue weighted by Crippen LogP contribution is -2.27. The average molecular weight is 125 g/mol. The third-order valence-corrected chi connectivity index (χ3v) is 2.25. The van der Waals surface area contributed by atoms with Crippen LogP contribution in [0.2, 0.25) is 0 Å². The van der Waals surface area contributed by atoms with Crippen molar-refractivity contribution < 1.29 is 0 Å². The van der Waals surface area contributed by atoms with Crippen LogP contribution in [0.4, 0.5) is 0 Å². The monoisotopic (exact) mass is 125 g/mol. The summed E-state index contributed by atoms with van der Waals surface area (Å²) in [5.74, 6) is 1.55. The molecule has 1 nitrogen and oxygen atoms in total. The van der Waals surface area contributed by atoms with Crippen LogP contribution in [0.5, 0.6) is 0 Å². The molecule has 1 aliphatic rings. The van der Waals surface area contributed by atoms with Crippen LogP contribution in [0.3, 0.4) is 0 Å². The molecular formula is C8H15N. The molecule has 1 aliphatic carbocycles. The second-order valence-corrected chi connectivity index (χ2v) is 3.15. The third-order valence-electron chi connectivity index (χ3n) is 2.25. The first-order chi connectivity index (χ1) is 4.24. The van der Waals surface area contributed by atoms with Gasteiger partial charge in [0.05, 0.1) is 0 Å². The van der Waals surface area contributed by atoms with Gasteiger partial charge in [-0.2, -0.15) is 0 Å². The predicted octanol–water partition coefficient (Wildman–Crippen LogP) is 2.46. The summed E-state index contributed by atoms with van der Waals surface area (Å²) < 4.78 is 0. The molecular weight excluding hydrogens is 110 g/mol. The van der Waals surface area contributed by atoms with E-state index in [4.69, 9.17) is 5.41 Å². The molecule has 0 aliphatic heterocycles. The van der Waals surface area contributed by atoms with Gasteiger partial charge < -0.3 is 5.41 Å². The number of rotatable bonds is 2. The maximum Gasteiger partial charge on any atom is 0.0117 e. The molecule has 0 aromatic rings. The quantitative estimate of drug-likeness (QED) is 0.548. The molecule has 1 fully saturated rings. The average Bonchev–Trinajstić information content (AvgIpc) is 1.79. The Hall–Kier alpha value is -0.330. The van der Waals surface area contributed by atoms with Gasteiger partial charge >= 0.3 is 0 Å². The number of hydrogen-bond acceptors (Lipinski definition) is 1. The van der Waals surface area contributed by atoms with Crippen molar-refractivity contribution in [2.24, 2.45) is 11.8 Å². The molecule has 0 aromatic heterocycles. The minimum Gasteiger partial charge on any atom is -0.309 e. The Bertz CT molecular complexity index is 112. The van der Waals surface area contributed by atoms with Crippen LogP contribution < -0.4 is 0 Å². The fourth-order valence-electron chi connectivity index (χ4n) is 1.48. The van der Waals surface area contributed by atoms with Gasteiger partial charge in [0, 0.05) is 5.71 Å². The fraction of sp³-hybridized carbons (Fsp3) is 0.875. The van der Waals surface area contributed by atoms with Gasteiger partial charge in [0.2, 0.25) is 0 Å². The van der Waals surface area contributed by atoms with Crippen molar-refractivity contribution in [3.05, 3.63) is 0 Å². The summed E-state index contributed by atoms with van der Waals surface area (Å²) >= 11 is 0. The van der Waals surface area contributed by atoms with E-state index in [0.29, 0.717) is 5.92 Å². The summed E-state index contributed by atoms with van der Waals surface area (Å²) in [4.78, 5) is 0. The van der Waals surface area contributed by atoms with E-state index in [2.05, 4.69) is 13.8 Å². The first-order valence-electron chi connectivity index (χ1n) is 3.81. The van der Waals surface area contributed by atoms with E-state index in [0.717, 1.165) is 18.1 Å². The summed E-state index contributed by atoms with van der Waals surface area (Å²) in [5, 5.41) is 7.48. The summed E-state index contributed by atoms with van der Waals surface area (Å²) in [6.45, 7) is 4.34. The zero-order valence-electron chi connectivity index (χ0n) is 6.28. The van der Waals surface area contributed by atoms with Crippen molar-refractivity contribution in [1.82, 2.24) is 0 Å². The minimum atomic E-state index is 0.657. The summed E-state index contributed by atoms with van der Waals surface area (Å²) in [7, 11) is 0. The SMILES string of the molecule is CCC(=N)C1CC(C)C1. The standard InChI is InChI=1S/C8H15N/c1-3-8(9)7-4-6(2)5-7/h6-7,9H,3-5H2,1-2H3. The Kier molecular flexibility index (Phi) is 1.89. The number of nitrogens with one attached hydrogen (secondary N) is 1. The highest BCUT2D eigenvalue weighted by Gasteiger charge is 2.27. The maximum atomic E-state index is 7.48. The van der Waals surface area contributed by atoms with E-state index in [-0.39, 0.29) is 0 Å². The molecule has 0 heterocycles. The van der Waals surface area contributed by atoms with Crippen LogP contribution in [0.25, 0.3) is 0 Å². The molecule has 1 rings (SSSR count). The molecule has 0 unspecified atom stereocenters. The molecule has 0 atom stereocenters. The van der Waals surface area contributed by atoms with Crippen LogP contribution in [-0.4, -0.2) is 5.71 Å². The molecule has 0 radical (unpaired) electrons. The van der Waals surface area contributed by atoms with Crippen molar-refractivity contribution in [2.75, 3.05) is 0 Å². The van der Waals surface area contributed by atoms with Crippen molar-refractivity contribution in [1.29, 1.82) is 5.41 Å². The topological polar surface area (TPSA) is 23.9 Å². The van der Waals surface area contributed by atoms with Crippen molar-refractivity contribution >= 4 is 5.71 Å². The van der Waals surface area contributed by atoms with Gasteiger partial charge in [-0.1, -0.05) is 13.8 Å². The van der Waals surface area contributed by atoms with Crippen LogP contribution in [0.15, 0.2) is 0 Å². The lowest BCUT2D eigenvalue weighted by molar-refractivity contribution is 0.278. The lowest BCUT2D eigenvalue weighted by atomic mass is 9.73. The zero-order valence-corrected chi connectivity index (χ0v) is 6.28. The first kappa shape index (κ1) is 6.79.